The van der Waals surface area contributed by atoms with Crippen molar-refractivity contribution in [1.82, 2.24) is 20.1 Å². The number of pyridine rings is 1. The van der Waals surface area contributed by atoms with Gasteiger partial charge in [0.1, 0.15) is 0 Å². The van der Waals surface area contributed by atoms with E-state index in [-0.39, 0.29) is 5.91 Å². The lowest BCUT2D eigenvalue weighted by Gasteiger charge is -2.09. The third-order valence-electron chi connectivity index (χ3n) is 4.03. The lowest BCUT2D eigenvalue weighted by molar-refractivity contribution is 0.0955. The van der Waals surface area contributed by atoms with Crippen molar-refractivity contribution in [3.8, 4) is 11.3 Å². The molecule has 0 aliphatic heterocycles. The number of rotatable bonds is 6. The molecule has 0 spiro atoms. The van der Waals surface area contributed by atoms with E-state index in [0.29, 0.717) is 12.1 Å². The molecule has 124 valence electrons. The second-order valence-electron chi connectivity index (χ2n) is 5.77. The minimum atomic E-state index is -0.0498. The van der Waals surface area contributed by atoms with E-state index >= 15 is 0 Å². The molecule has 0 bridgehead atoms. The molecule has 0 saturated carbocycles. The summed E-state index contributed by atoms with van der Waals surface area (Å²) < 4.78 is 1.85. The summed E-state index contributed by atoms with van der Waals surface area (Å²) >= 11 is 0. The highest BCUT2D eigenvalue weighted by Gasteiger charge is 2.14. The molecule has 0 unspecified atom stereocenters. The van der Waals surface area contributed by atoms with Gasteiger partial charge in [-0.15, -0.1) is 0 Å². The van der Waals surface area contributed by atoms with E-state index in [1.54, 1.807) is 6.20 Å². The summed E-state index contributed by atoms with van der Waals surface area (Å²) in [6.45, 7) is 5.64. The summed E-state index contributed by atoms with van der Waals surface area (Å²) in [4.78, 5) is 17.3. The van der Waals surface area contributed by atoms with Crippen molar-refractivity contribution >= 4 is 16.8 Å². The van der Waals surface area contributed by atoms with Gasteiger partial charge in [0.05, 0.1) is 23.0 Å². The highest BCUT2D eigenvalue weighted by molar-refractivity contribution is 6.07. The fourth-order valence-electron chi connectivity index (χ4n) is 2.65. The molecule has 3 rings (SSSR count). The van der Waals surface area contributed by atoms with Gasteiger partial charge in [-0.05, 0) is 25.5 Å². The van der Waals surface area contributed by atoms with Gasteiger partial charge in [-0.1, -0.05) is 31.5 Å². The molecular weight excluding hydrogens is 300 g/mol. The van der Waals surface area contributed by atoms with Crippen LogP contribution in [0.3, 0.4) is 0 Å². The molecule has 0 radical (unpaired) electrons. The standard InChI is InChI=1S/C19H22N4O/c1-3-5-10-20-19(24)16-11-18(14-12-21-23(4-2)13-14)22-17-9-7-6-8-15(16)17/h6-9,11-13H,3-5,10H2,1-2H3,(H,20,24). The Hall–Kier alpha value is -2.69. The van der Waals surface area contributed by atoms with E-state index in [9.17, 15) is 4.79 Å². The smallest absolute Gasteiger partial charge is 0.252 e. The van der Waals surface area contributed by atoms with Crippen LogP contribution in [0.25, 0.3) is 22.2 Å². The Morgan fingerprint density at radius 3 is 2.83 bits per heavy atom. The highest BCUT2D eigenvalue weighted by Crippen LogP contribution is 2.24. The molecule has 2 heterocycles. The van der Waals surface area contributed by atoms with Crippen molar-refractivity contribution in [2.24, 2.45) is 0 Å². The van der Waals surface area contributed by atoms with Crippen LogP contribution in [0.15, 0.2) is 42.7 Å². The van der Waals surface area contributed by atoms with Gasteiger partial charge in [0.15, 0.2) is 0 Å². The number of nitrogens with zero attached hydrogens (tertiary/aromatic N) is 3. The first-order valence-corrected chi connectivity index (χ1v) is 8.43. The maximum atomic E-state index is 12.6. The van der Waals surface area contributed by atoms with Crippen LogP contribution >= 0.6 is 0 Å². The van der Waals surface area contributed by atoms with E-state index in [1.807, 2.05) is 48.1 Å². The number of hydrogen-bond acceptors (Lipinski definition) is 3. The maximum absolute atomic E-state index is 12.6. The van der Waals surface area contributed by atoms with Gasteiger partial charge in [-0.25, -0.2) is 4.98 Å². The topological polar surface area (TPSA) is 59.8 Å². The molecule has 3 aromatic rings. The molecule has 24 heavy (non-hydrogen) atoms. The Labute approximate surface area is 141 Å². The monoisotopic (exact) mass is 322 g/mol. The number of unbranched alkanes of at least 4 members (excludes halogenated alkanes) is 1. The zero-order valence-corrected chi connectivity index (χ0v) is 14.1. The average Bonchev–Trinajstić information content (AvgIpc) is 3.10. The number of carbonyl (C=O) groups excluding carboxylic acids is 1. The largest absolute Gasteiger partial charge is 0.352 e. The number of amides is 1. The number of hydrogen-bond donors (Lipinski definition) is 1. The molecule has 5 nitrogen and oxygen atoms in total. The summed E-state index contributed by atoms with van der Waals surface area (Å²) in [5.41, 5.74) is 3.18. The SMILES string of the molecule is CCCCNC(=O)c1cc(-c2cnn(CC)c2)nc2ccccc12. The molecule has 1 N–H and O–H groups in total. The predicted molar refractivity (Wildman–Crippen MR) is 95.9 cm³/mol. The Kier molecular flexibility index (Phi) is 4.89. The molecule has 5 heteroatoms. The van der Waals surface area contributed by atoms with Crippen molar-refractivity contribution < 1.29 is 4.79 Å². The van der Waals surface area contributed by atoms with Crippen molar-refractivity contribution in [2.45, 2.75) is 33.2 Å². The Morgan fingerprint density at radius 2 is 2.08 bits per heavy atom. The van der Waals surface area contributed by atoms with Crippen LogP contribution in [0.1, 0.15) is 37.0 Å². The molecule has 2 aromatic heterocycles. The maximum Gasteiger partial charge on any atom is 0.252 e. The average molecular weight is 322 g/mol. The summed E-state index contributed by atoms with van der Waals surface area (Å²) in [6, 6.07) is 9.61. The summed E-state index contributed by atoms with van der Waals surface area (Å²) in [6.07, 6.45) is 5.78. The molecule has 1 aromatic carbocycles. The second kappa shape index (κ2) is 7.25. The van der Waals surface area contributed by atoms with Crippen molar-refractivity contribution in [3.63, 3.8) is 0 Å². The van der Waals surface area contributed by atoms with Gasteiger partial charge in [-0.3, -0.25) is 9.48 Å². The summed E-state index contributed by atoms with van der Waals surface area (Å²) in [5.74, 6) is -0.0498. The van der Waals surface area contributed by atoms with E-state index in [1.165, 1.54) is 0 Å². The number of fused-ring (bicyclic) bond motifs is 1. The molecule has 0 saturated heterocycles. The molecule has 0 aliphatic rings. The van der Waals surface area contributed by atoms with Crippen LogP contribution in [0.5, 0.6) is 0 Å². The van der Waals surface area contributed by atoms with Crippen LogP contribution < -0.4 is 5.32 Å². The zero-order chi connectivity index (χ0) is 16.9. The number of para-hydroxylation sites is 1. The Morgan fingerprint density at radius 1 is 1.25 bits per heavy atom. The third-order valence-corrected chi connectivity index (χ3v) is 4.03. The van der Waals surface area contributed by atoms with Crippen LogP contribution in [-0.2, 0) is 6.54 Å². The zero-order valence-electron chi connectivity index (χ0n) is 14.1. The van der Waals surface area contributed by atoms with Crippen LogP contribution in [-0.4, -0.2) is 27.2 Å². The molecule has 1 amide bonds. The number of nitrogens with one attached hydrogen (secondary N) is 1. The molecule has 0 atom stereocenters. The highest BCUT2D eigenvalue weighted by atomic mass is 16.1. The van der Waals surface area contributed by atoms with Gasteiger partial charge in [-0.2, -0.15) is 5.10 Å². The molecular formula is C19H22N4O. The molecule has 0 aliphatic carbocycles. The van der Waals surface area contributed by atoms with E-state index in [4.69, 9.17) is 4.98 Å². The number of benzene rings is 1. The normalized spacial score (nSPS) is 10.9. The molecule has 0 fully saturated rings. The fourth-order valence-corrected chi connectivity index (χ4v) is 2.65. The van der Waals surface area contributed by atoms with Gasteiger partial charge < -0.3 is 5.32 Å². The van der Waals surface area contributed by atoms with E-state index in [2.05, 4.69) is 17.3 Å². The van der Waals surface area contributed by atoms with Crippen molar-refractivity contribution in [1.29, 1.82) is 0 Å². The van der Waals surface area contributed by atoms with Crippen molar-refractivity contribution in [3.05, 3.63) is 48.3 Å². The van der Waals surface area contributed by atoms with Gasteiger partial charge in [0.2, 0.25) is 0 Å². The lowest BCUT2D eigenvalue weighted by Crippen LogP contribution is -2.24. The first-order chi connectivity index (χ1) is 11.7. The van der Waals surface area contributed by atoms with E-state index < -0.39 is 0 Å². The second-order valence-corrected chi connectivity index (χ2v) is 5.77. The number of aromatic nitrogens is 3. The van der Waals surface area contributed by atoms with Gasteiger partial charge in [0.25, 0.3) is 5.91 Å². The van der Waals surface area contributed by atoms with Crippen LogP contribution in [0.2, 0.25) is 0 Å². The predicted octanol–water partition coefficient (Wildman–Crippen LogP) is 3.65. The van der Waals surface area contributed by atoms with Crippen molar-refractivity contribution in [2.75, 3.05) is 6.54 Å². The van der Waals surface area contributed by atoms with E-state index in [0.717, 1.165) is 41.5 Å². The third kappa shape index (κ3) is 3.30. The van der Waals surface area contributed by atoms with Crippen LogP contribution in [0, 0.1) is 0 Å². The summed E-state index contributed by atoms with van der Waals surface area (Å²) in [7, 11) is 0. The lowest BCUT2D eigenvalue weighted by atomic mass is 10.0. The van der Waals surface area contributed by atoms with Gasteiger partial charge >= 0.3 is 0 Å². The van der Waals surface area contributed by atoms with Gasteiger partial charge in [0, 0.05) is 30.2 Å². The minimum absolute atomic E-state index is 0.0498. The Balaban J connectivity index is 2.04. The minimum Gasteiger partial charge on any atom is -0.352 e. The first-order valence-electron chi connectivity index (χ1n) is 8.43. The quantitative estimate of drug-likeness (QED) is 0.705. The summed E-state index contributed by atoms with van der Waals surface area (Å²) in [5, 5.41) is 8.18. The number of carbonyl (C=O) groups is 1. The fraction of sp³-hybridized carbons (Fsp3) is 0.316. The first kappa shape index (κ1) is 16.2. The Bertz CT molecular complexity index is 853. The number of aryl methyl sites for hydroxylation is 1. The van der Waals surface area contributed by atoms with Crippen LogP contribution in [0.4, 0.5) is 0 Å².